The summed E-state index contributed by atoms with van der Waals surface area (Å²) in [5.74, 6) is 3.17. The summed E-state index contributed by atoms with van der Waals surface area (Å²) in [6, 6.07) is 6.75. The van der Waals surface area contributed by atoms with Crippen LogP contribution in [0.4, 0.5) is 0 Å². The molecule has 6 atom stereocenters. The van der Waals surface area contributed by atoms with Crippen LogP contribution >= 0.6 is 0 Å². The van der Waals surface area contributed by atoms with Crippen molar-refractivity contribution in [3.05, 3.63) is 29.3 Å². The lowest BCUT2D eigenvalue weighted by atomic mass is 9.55. The lowest BCUT2D eigenvalue weighted by Gasteiger charge is -2.50. The summed E-state index contributed by atoms with van der Waals surface area (Å²) in [4.78, 5) is 0. The highest BCUT2D eigenvalue weighted by Crippen LogP contribution is 2.60. The van der Waals surface area contributed by atoms with Gasteiger partial charge in [-0.1, -0.05) is 13.0 Å². The maximum Gasteiger partial charge on any atom is 0.119 e. The molecule has 1 heterocycles. The van der Waals surface area contributed by atoms with Gasteiger partial charge in [-0.05, 0) is 85.0 Å². The number of aliphatic hydroxyl groups excluding tert-OH is 1. The van der Waals surface area contributed by atoms with E-state index in [4.69, 9.17) is 9.47 Å². The van der Waals surface area contributed by atoms with Crippen LogP contribution in [0.15, 0.2) is 18.2 Å². The number of epoxide rings is 1. The Morgan fingerprint density at radius 2 is 2.12 bits per heavy atom. The van der Waals surface area contributed by atoms with Crippen molar-refractivity contribution in [3.8, 4) is 5.75 Å². The summed E-state index contributed by atoms with van der Waals surface area (Å²) in [6.07, 6.45) is 7.31. The number of benzene rings is 1. The molecule has 4 unspecified atom stereocenters. The van der Waals surface area contributed by atoms with Crippen molar-refractivity contribution in [2.45, 2.75) is 63.6 Å². The Balaban J connectivity index is 1.38. The zero-order valence-corrected chi connectivity index (χ0v) is 14.5. The molecule has 0 radical (unpaired) electrons. The van der Waals surface area contributed by atoms with Crippen molar-refractivity contribution in [1.82, 2.24) is 0 Å². The van der Waals surface area contributed by atoms with Crippen LogP contribution in [0.2, 0.25) is 0 Å². The van der Waals surface area contributed by atoms with E-state index in [0.717, 1.165) is 31.1 Å². The summed E-state index contributed by atoms with van der Waals surface area (Å²) >= 11 is 0. The molecule has 1 saturated heterocycles. The van der Waals surface area contributed by atoms with Gasteiger partial charge < -0.3 is 14.6 Å². The van der Waals surface area contributed by atoms with Crippen LogP contribution < -0.4 is 4.74 Å². The van der Waals surface area contributed by atoms with Gasteiger partial charge in [-0.3, -0.25) is 0 Å². The maximum absolute atomic E-state index is 10.5. The lowest BCUT2D eigenvalue weighted by Crippen LogP contribution is -2.43. The average molecular weight is 328 g/mol. The molecule has 4 aliphatic rings. The molecule has 2 saturated carbocycles. The second-order valence-corrected chi connectivity index (χ2v) is 8.68. The van der Waals surface area contributed by atoms with Gasteiger partial charge in [-0.2, -0.15) is 0 Å². The fourth-order valence-electron chi connectivity index (χ4n) is 5.97. The van der Waals surface area contributed by atoms with Gasteiger partial charge in [-0.25, -0.2) is 0 Å². The Hall–Kier alpha value is -1.06. The summed E-state index contributed by atoms with van der Waals surface area (Å²) in [7, 11) is 0. The topological polar surface area (TPSA) is 42.0 Å². The highest BCUT2D eigenvalue weighted by molar-refractivity contribution is 5.40. The minimum Gasteiger partial charge on any atom is -0.491 e. The Morgan fingerprint density at radius 3 is 2.96 bits per heavy atom. The smallest absolute Gasteiger partial charge is 0.119 e. The minimum atomic E-state index is -0.0785. The Bertz CT molecular complexity index is 638. The van der Waals surface area contributed by atoms with E-state index in [0.29, 0.717) is 24.5 Å². The first kappa shape index (κ1) is 15.2. The van der Waals surface area contributed by atoms with Crippen LogP contribution in [0.1, 0.15) is 56.1 Å². The summed E-state index contributed by atoms with van der Waals surface area (Å²) < 4.78 is 11.1. The number of aliphatic hydroxyl groups is 1. The molecule has 1 aliphatic heterocycles. The highest BCUT2D eigenvalue weighted by atomic mass is 16.6. The molecule has 1 N–H and O–H groups in total. The van der Waals surface area contributed by atoms with Gasteiger partial charge in [0, 0.05) is 0 Å². The van der Waals surface area contributed by atoms with Crippen LogP contribution in [0.5, 0.6) is 5.75 Å². The SMILES string of the molecule is C[C@]12CCC3c4ccc(OCC5CO5)cc4CCC3C1CC[C@@H]2O. The number of aryl methyl sites for hydroxylation is 1. The van der Waals surface area contributed by atoms with E-state index in [1.54, 1.807) is 5.56 Å². The standard InChI is InChI=1S/C21H28O3/c1-21-9-8-17-16-5-3-14(23-11-15-12-24-15)10-13(16)2-4-18(17)19(21)6-7-20(21)22/h3,5,10,15,17-20,22H,2,4,6-9,11-12H2,1H3/t15?,17?,18?,19?,20-,21-/m0/s1. The van der Waals surface area contributed by atoms with Crippen LogP contribution in [0.3, 0.4) is 0 Å². The monoisotopic (exact) mass is 328 g/mol. The largest absolute Gasteiger partial charge is 0.491 e. The lowest BCUT2D eigenvalue weighted by molar-refractivity contribution is -0.0226. The van der Waals surface area contributed by atoms with E-state index >= 15 is 0 Å². The first-order valence-corrected chi connectivity index (χ1v) is 9.70. The quantitative estimate of drug-likeness (QED) is 0.861. The van der Waals surface area contributed by atoms with E-state index in [-0.39, 0.29) is 11.5 Å². The fraction of sp³-hybridized carbons (Fsp3) is 0.714. The summed E-state index contributed by atoms with van der Waals surface area (Å²) in [5.41, 5.74) is 3.23. The predicted octanol–water partition coefficient (Wildman–Crippen LogP) is 3.68. The zero-order chi connectivity index (χ0) is 16.3. The van der Waals surface area contributed by atoms with Gasteiger partial charge >= 0.3 is 0 Å². The Labute approximate surface area is 144 Å². The van der Waals surface area contributed by atoms with Crippen molar-refractivity contribution in [2.24, 2.45) is 17.3 Å². The van der Waals surface area contributed by atoms with E-state index < -0.39 is 0 Å². The molecule has 1 aromatic carbocycles. The third-order valence-corrected chi connectivity index (χ3v) is 7.49. The maximum atomic E-state index is 10.5. The summed E-state index contributed by atoms with van der Waals surface area (Å²) in [5, 5.41) is 10.5. The molecule has 1 aromatic rings. The zero-order valence-electron chi connectivity index (χ0n) is 14.5. The van der Waals surface area contributed by atoms with E-state index in [9.17, 15) is 5.11 Å². The second kappa shape index (κ2) is 5.47. The van der Waals surface area contributed by atoms with Crippen molar-refractivity contribution < 1.29 is 14.6 Å². The molecule has 5 rings (SSSR count). The van der Waals surface area contributed by atoms with Gasteiger partial charge in [0.25, 0.3) is 0 Å². The summed E-state index contributed by atoms with van der Waals surface area (Å²) in [6.45, 7) is 3.88. The van der Waals surface area contributed by atoms with Crippen molar-refractivity contribution in [1.29, 1.82) is 0 Å². The molecule has 0 aromatic heterocycles. The van der Waals surface area contributed by atoms with Crippen molar-refractivity contribution in [2.75, 3.05) is 13.2 Å². The van der Waals surface area contributed by atoms with Gasteiger partial charge in [0.05, 0.1) is 12.7 Å². The number of rotatable bonds is 3. The molecule has 3 aliphatic carbocycles. The number of hydrogen-bond donors (Lipinski definition) is 1. The van der Waals surface area contributed by atoms with E-state index in [2.05, 4.69) is 25.1 Å². The van der Waals surface area contributed by atoms with Gasteiger partial charge in [0.1, 0.15) is 18.5 Å². The first-order valence-electron chi connectivity index (χ1n) is 9.70. The van der Waals surface area contributed by atoms with Crippen molar-refractivity contribution in [3.63, 3.8) is 0 Å². The molecule has 0 bridgehead atoms. The first-order chi connectivity index (χ1) is 11.6. The molecule has 24 heavy (non-hydrogen) atoms. The highest BCUT2D eigenvalue weighted by Gasteiger charge is 2.54. The Morgan fingerprint density at radius 1 is 1.25 bits per heavy atom. The second-order valence-electron chi connectivity index (χ2n) is 8.68. The number of fused-ring (bicyclic) bond motifs is 5. The van der Waals surface area contributed by atoms with E-state index in [1.165, 1.54) is 31.2 Å². The molecule has 3 heteroatoms. The van der Waals surface area contributed by atoms with Crippen LogP contribution in [0.25, 0.3) is 0 Å². The molecule has 130 valence electrons. The van der Waals surface area contributed by atoms with Crippen LogP contribution in [-0.2, 0) is 11.2 Å². The molecular weight excluding hydrogens is 300 g/mol. The molecule has 0 spiro atoms. The minimum absolute atomic E-state index is 0.0785. The third kappa shape index (κ3) is 2.32. The number of ether oxygens (including phenoxy) is 2. The Kier molecular flexibility index (Phi) is 3.47. The van der Waals surface area contributed by atoms with Crippen LogP contribution in [0, 0.1) is 17.3 Å². The molecule has 0 amide bonds. The fourth-order valence-corrected chi connectivity index (χ4v) is 5.97. The normalized spacial score (nSPS) is 42.8. The van der Waals surface area contributed by atoms with Gasteiger partial charge in [-0.15, -0.1) is 0 Å². The molecule has 3 nitrogen and oxygen atoms in total. The van der Waals surface area contributed by atoms with E-state index in [1.807, 2.05) is 0 Å². The van der Waals surface area contributed by atoms with Gasteiger partial charge in [0.15, 0.2) is 0 Å². The van der Waals surface area contributed by atoms with Gasteiger partial charge in [0.2, 0.25) is 0 Å². The van der Waals surface area contributed by atoms with Crippen LogP contribution in [-0.4, -0.2) is 30.5 Å². The predicted molar refractivity (Wildman–Crippen MR) is 92.3 cm³/mol. The van der Waals surface area contributed by atoms with Crippen molar-refractivity contribution >= 4 is 0 Å². The molecular formula is C21H28O3. The average Bonchev–Trinajstić information content (AvgIpc) is 3.37. The third-order valence-electron chi connectivity index (χ3n) is 7.49. The number of hydrogen-bond acceptors (Lipinski definition) is 3. The molecule has 3 fully saturated rings.